The Balaban J connectivity index is 1.49. The van der Waals surface area contributed by atoms with Crippen molar-refractivity contribution in [1.82, 2.24) is 9.88 Å². The lowest BCUT2D eigenvalue weighted by Gasteiger charge is -2.17. The number of nitrogens with zero attached hydrogens (tertiary/aromatic N) is 2. The van der Waals surface area contributed by atoms with Gasteiger partial charge in [0.2, 0.25) is 0 Å². The van der Waals surface area contributed by atoms with E-state index in [0.717, 1.165) is 31.4 Å². The summed E-state index contributed by atoms with van der Waals surface area (Å²) in [4.78, 5) is 21.8. The number of thiazole rings is 1. The lowest BCUT2D eigenvalue weighted by molar-refractivity contribution is 0.0781. The lowest BCUT2D eigenvalue weighted by Crippen LogP contribution is -2.26. The molecule has 6 heteroatoms. The number of benzene rings is 2. The SMILES string of the molecule is CN(Cc1nc2ccccc2s1)C(=O)c1ccccc1SCc1cccs1. The third-order valence-corrected chi connectivity index (χ3v) is 7.33. The third kappa shape index (κ3) is 4.24. The summed E-state index contributed by atoms with van der Waals surface area (Å²) in [5.74, 6) is 0.910. The molecule has 3 nitrogen and oxygen atoms in total. The highest BCUT2D eigenvalue weighted by Gasteiger charge is 2.17. The van der Waals surface area contributed by atoms with Crippen LogP contribution >= 0.6 is 34.4 Å². The van der Waals surface area contributed by atoms with Crippen molar-refractivity contribution in [2.45, 2.75) is 17.2 Å². The second kappa shape index (κ2) is 8.25. The zero-order valence-electron chi connectivity index (χ0n) is 14.8. The first kappa shape index (κ1) is 18.2. The molecule has 4 aromatic rings. The molecule has 0 radical (unpaired) electrons. The molecule has 0 aliphatic rings. The minimum Gasteiger partial charge on any atom is -0.335 e. The maximum atomic E-state index is 13.0. The molecular weight excluding hydrogens is 392 g/mol. The average molecular weight is 411 g/mol. The van der Waals surface area contributed by atoms with E-state index in [9.17, 15) is 4.79 Å². The number of hydrogen-bond acceptors (Lipinski definition) is 5. The molecule has 0 aliphatic heterocycles. The molecular formula is C21H18N2OS3. The Labute approximate surface area is 170 Å². The van der Waals surface area contributed by atoms with Crippen LogP contribution in [0.4, 0.5) is 0 Å². The van der Waals surface area contributed by atoms with E-state index in [1.54, 1.807) is 39.3 Å². The molecule has 136 valence electrons. The van der Waals surface area contributed by atoms with Crippen LogP contribution in [0.1, 0.15) is 20.2 Å². The molecule has 0 saturated heterocycles. The van der Waals surface area contributed by atoms with Crippen molar-refractivity contribution in [2.24, 2.45) is 0 Å². The Morgan fingerprint density at radius 3 is 2.70 bits per heavy atom. The molecule has 2 aromatic heterocycles. The predicted octanol–water partition coefficient (Wildman–Crippen LogP) is 5.92. The Hall–Kier alpha value is -2.15. The standard InChI is InChI=1S/C21H18N2OS3/c1-23(13-20-22-17-9-3-5-11-19(17)27-20)21(24)16-8-2-4-10-18(16)26-14-15-7-6-12-25-15/h2-12H,13-14H2,1H3. The van der Waals surface area contributed by atoms with Gasteiger partial charge >= 0.3 is 0 Å². The molecule has 0 saturated carbocycles. The van der Waals surface area contributed by atoms with Gasteiger partial charge in [-0.05, 0) is 35.7 Å². The number of carbonyl (C=O) groups is 1. The van der Waals surface area contributed by atoms with Crippen LogP contribution in [0.5, 0.6) is 0 Å². The maximum absolute atomic E-state index is 13.0. The first-order valence-corrected chi connectivity index (χ1v) is 11.2. The van der Waals surface area contributed by atoms with E-state index in [2.05, 4.69) is 28.6 Å². The molecule has 0 N–H and O–H groups in total. The average Bonchev–Trinajstić information content (AvgIpc) is 3.35. The highest BCUT2D eigenvalue weighted by atomic mass is 32.2. The second-order valence-electron chi connectivity index (χ2n) is 6.10. The predicted molar refractivity (Wildman–Crippen MR) is 116 cm³/mol. The van der Waals surface area contributed by atoms with Gasteiger partial charge in [0.05, 0.1) is 22.3 Å². The van der Waals surface area contributed by atoms with Gasteiger partial charge in [0, 0.05) is 22.6 Å². The fourth-order valence-corrected chi connectivity index (χ4v) is 5.62. The molecule has 2 aromatic carbocycles. The van der Waals surface area contributed by atoms with Gasteiger partial charge in [0.1, 0.15) is 5.01 Å². The van der Waals surface area contributed by atoms with E-state index in [1.807, 2.05) is 49.5 Å². The van der Waals surface area contributed by atoms with E-state index < -0.39 is 0 Å². The molecule has 0 fully saturated rings. The van der Waals surface area contributed by atoms with Gasteiger partial charge in [-0.25, -0.2) is 4.98 Å². The van der Waals surface area contributed by atoms with Crippen molar-refractivity contribution in [3.8, 4) is 0 Å². The van der Waals surface area contributed by atoms with Crippen molar-refractivity contribution in [1.29, 1.82) is 0 Å². The Morgan fingerprint density at radius 2 is 1.89 bits per heavy atom. The molecule has 0 atom stereocenters. The summed E-state index contributed by atoms with van der Waals surface area (Å²) >= 11 is 5.10. The molecule has 0 bridgehead atoms. The topological polar surface area (TPSA) is 33.2 Å². The summed E-state index contributed by atoms with van der Waals surface area (Å²) in [6.45, 7) is 0.516. The van der Waals surface area contributed by atoms with Crippen LogP contribution in [-0.4, -0.2) is 22.8 Å². The summed E-state index contributed by atoms with van der Waals surface area (Å²) < 4.78 is 1.15. The summed E-state index contributed by atoms with van der Waals surface area (Å²) in [5, 5.41) is 3.04. The van der Waals surface area contributed by atoms with E-state index in [-0.39, 0.29) is 5.91 Å². The molecule has 0 spiro atoms. The minimum atomic E-state index is 0.0311. The van der Waals surface area contributed by atoms with E-state index in [1.165, 1.54) is 4.88 Å². The third-order valence-electron chi connectivity index (χ3n) is 4.12. The monoisotopic (exact) mass is 410 g/mol. The zero-order valence-corrected chi connectivity index (χ0v) is 17.2. The van der Waals surface area contributed by atoms with Gasteiger partial charge < -0.3 is 4.90 Å². The van der Waals surface area contributed by atoms with Gasteiger partial charge in [-0.15, -0.1) is 34.4 Å². The van der Waals surface area contributed by atoms with Gasteiger partial charge in [0.25, 0.3) is 5.91 Å². The molecule has 4 rings (SSSR count). The van der Waals surface area contributed by atoms with Gasteiger partial charge in [-0.1, -0.05) is 30.3 Å². The number of hydrogen-bond donors (Lipinski definition) is 0. The zero-order chi connectivity index (χ0) is 18.6. The minimum absolute atomic E-state index is 0.0311. The number of amides is 1. The molecule has 27 heavy (non-hydrogen) atoms. The quantitative estimate of drug-likeness (QED) is 0.370. The van der Waals surface area contributed by atoms with Crippen LogP contribution in [0.25, 0.3) is 10.2 Å². The fourth-order valence-electron chi connectivity index (χ4n) is 2.78. The smallest absolute Gasteiger partial charge is 0.255 e. The van der Waals surface area contributed by atoms with Crippen LogP contribution in [-0.2, 0) is 12.3 Å². The highest BCUT2D eigenvalue weighted by molar-refractivity contribution is 7.98. The largest absolute Gasteiger partial charge is 0.335 e. The lowest BCUT2D eigenvalue weighted by atomic mass is 10.2. The highest BCUT2D eigenvalue weighted by Crippen LogP contribution is 2.29. The van der Waals surface area contributed by atoms with Crippen molar-refractivity contribution < 1.29 is 4.79 Å². The van der Waals surface area contributed by atoms with Crippen molar-refractivity contribution in [3.05, 3.63) is 81.5 Å². The fraction of sp³-hybridized carbons (Fsp3) is 0.143. The molecule has 0 unspecified atom stereocenters. The first-order chi connectivity index (χ1) is 13.2. The van der Waals surface area contributed by atoms with E-state index in [4.69, 9.17) is 0 Å². The Morgan fingerprint density at radius 1 is 1.07 bits per heavy atom. The Kier molecular flexibility index (Phi) is 5.57. The first-order valence-electron chi connectivity index (χ1n) is 8.55. The molecule has 2 heterocycles. The summed E-state index contributed by atoms with van der Waals surface area (Å²) in [6, 6.07) is 20.1. The van der Waals surface area contributed by atoms with Crippen LogP contribution in [0.15, 0.2) is 70.9 Å². The number of aromatic nitrogens is 1. The van der Waals surface area contributed by atoms with Gasteiger partial charge in [0.15, 0.2) is 0 Å². The van der Waals surface area contributed by atoms with Crippen LogP contribution in [0, 0.1) is 0 Å². The number of thioether (sulfide) groups is 1. The summed E-state index contributed by atoms with van der Waals surface area (Å²) in [5.41, 5.74) is 1.74. The summed E-state index contributed by atoms with van der Waals surface area (Å²) in [6.07, 6.45) is 0. The van der Waals surface area contributed by atoms with E-state index in [0.29, 0.717) is 6.54 Å². The van der Waals surface area contributed by atoms with Gasteiger partial charge in [-0.2, -0.15) is 0 Å². The van der Waals surface area contributed by atoms with Crippen molar-refractivity contribution in [3.63, 3.8) is 0 Å². The number of fused-ring (bicyclic) bond motifs is 1. The van der Waals surface area contributed by atoms with Crippen molar-refractivity contribution in [2.75, 3.05) is 7.05 Å². The van der Waals surface area contributed by atoms with Gasteiger partial charge in [-0.3, -0.25) is 4.79 Å². The van der Waals surface area contributed by atoms with E-state index >= 15 is 0 Å². The van der Waals surface area contributed by atoms with Crippen LogP contribution in [0.2, 0.25) is 0 Å². The number of para-hydroxylation sites is 1. The second-order valence-corrected chi connectivity index (χ2v) is 9.27. The number of thiophene rings is 1. The molecule has 1 amide bonds. The normalized spacial score (nSPS) is 11.0. The molecule has 0 aliphatic carbocycles. The van der Waals surface area contributed by atoms with Crippen LogP contribution in [0.3, 0.4) is 0 Å². The number of carbonyl (C=O) groups excluding carboxylic acids is 1. The number of rotatable bonds is 6. The Bertz CT molecular complexity index is 1020. The maximum Gasteiger partial charge on any atom is 0.255 e. The van der Waals surface area contributed by atoms with Crippen LogP contribution < -0.4 is 0 Å². The summed E-state index contributed by atoms with van der Waals surface area (Å²) in [7, 11) is 1.84. The van der Waals surface area contributed by atoms with Crippen molar-refractivity contribution >= 4 is 50.6 Å².